The fraction of sp³-hybridized carbons (Fsp3) is 0.733. The molecule has 1 aromatic rings. The van der Waals surface area contributed by atoms with Crippen LogP contribution in [0.1, 0.15) is 39.4 Å². The maximum Gasteiger partial charge on any atom is 0.133 e. The maximum atomic E-state index is 4.55. The molecule has 0 saturated heterocycles. The molecule has 1 rings (SSSR count). The van der Waals surface area contributed by atoms with Crippen LogP contribution in [-0.2, 0) is 6.42 Å². The summed E-state index contributed by atoms with van der Waals surface area (Å²) in [6, 6.07) is 2.56. The van der Waals surface area contributed by atoms with Crippen molar-refractivity contribution >= 4 is 11.6 Å². The van der Waals surface area contributed by atoms with E-state index in [-0.39, 0.29) is 0 Å². The van der Waals surface area contributed by atoms with Crippen molar-refractivity contribution in [2.24, 2.45) is 0 Å². The molecule has 0 unspecified atom stereocenters. The van der Waals surface area contributed by atoms with E-state index in [1.807, 2.05) is 13.1 Å². The molecular weight excluding hydrogens is 250 g/mol. The van der Waals surface area contributed by atoms with Crippen molar-refractivity contribution in [2.75, 3.05) is 37.8 Å². The highest BCUT2D eigenvalue weighted by atomic mass is 15.1. The maximum absolute atomic E-state index is 4.55. The standard InChI is InChI=1S/C15H29N5/c1-6-8-13-18-14(16-4)11-15(19-13)17-9-7-10-20(5)12(2)3/h11-12H,6-10H2,1-5H3,(H2,16,17,18,19). The Morgan fingerprint density at radius 2 is 1.95 bits per heavy atom. The van der Waals surface area contributed by atoms with E-state index in [2.05, 4.69) is 53.3 Å². The van der Waals surface area contributed by atoms with Gasteiger partial charge in [0.2, 0.25) is 0 Å². The molecule has 0 radical (unpaired) electrons. The Balaban J connectivity index is 2.48. The first-order chi connectivity index (χ1) is 9.56. The quantitative estimate of drug-likeness (QED) is 0.681. The van der Waals surface area contributed by atoms with Crippen molar-refractivity contribution in [3.63, 3.8) is 0 Å². The van der Waals surface area contributed by atoms with Crippen LogP contribution < -0.4 is 10.6 Å². The first kappa shape index (κ1) is 16.7. The van der Waals surface area contributed by atoms with Crippen molar-refractivity contribution in [1.29, 1.82) is 0 Å². The molecule has 0 aliphatic rings. The van der Waals surface area contributed by atoms with E-state index in [0.717, 1.165) is 49.8 Å². The Labute approximate surface area is 123 Å². The normalized spacial score (nSPS) is 11.2. The van der Waals surface area contributed by atoms with E-state index < -0.39 is 0 Å². The zero-order valence-corrected chi connectivity index (χ0v) is 13.5. The molecule has 0 aliphatic carbocycles. The summed E-state index contributed by atoms with van der Waals surface area (Å²) in [4.78, 5) is 11.3. The van der Waals surface area contributed by atoms with Crippen LogP contribution in [0.3, 0.4) is 0 Å². The summed E-state index contributed by atoms with van der Waals surface area (Å²) in [5.74, 6) is 2.70. The number of nitrogens with one attached hydrogen (secondary N) is 2. The smallest absolute Gasteiger partial charge is 0.133 e. The van der Waals surface area contributed by atoms with Crippen LogP contribution in [0.15, 0.2) is 6.07 Å². The zero-order valence-electron chi connectivity index (χ0n) is 13.5. The van der Waals surface area contributed by atoms with Gasteiger partial charge in [-0.3, -0.25) is 0 Å². The third-order valence-electron chi connectivity index (χ3n) is 3.38. The zero-order chi connectivity index (χ0) is 15.0. The summed E-state index contributed by atoms with van der Waals surface area (Å²) in [6.45, 7) is 8.60. The first-order valence-corrected chi connectivity index (χ1v) is 7.56. The molecule has 1 aromatic heterocycles. The van der Waals surface area contributed by atoms with Crippen LogP contribution in [0.25, 0.3) is 0 Å². The minimum absolute atomic E-state index is 0.598. The van der Waals surface area contributed by atoms with E-state index >= 15 is 0 Å². The Morgan fingerprint density at radius 3 is 2.55 bits per heavy atom. The Kier molecular flexibility index (Phi) is 7.30. The van der Waals surface area contributed by atoms with E-state index in [4.69, 9.17) is 0 Å². The average molecular weight is 279 g/mol. The van der Waals surface area contributed by atoms with E-state index in [1.165, 1.54) is 0 Å². The summed E-state index contributed by atoms with van der Waals surface area (Å²) >= 11 is 0. The minimum atomic E-state index is 0.598. The number of rotatable bonds is 9. The molecule has 114 valence electrons. The summed E-state index contributed by atoms with van der Waals surface area (Å²) < 4.78 is 0. The van der Waals surface area contributed by atoms with Gasteiger partial charge in [0.25, 0.3) is 0 Å². The van der Waals surface area contributed by atoms with Gasteiger partial charge in [-0.25, -0.2) is 9.97 Å². The highest BCUT2D eigenvalue weighted by Crippen LogP contribution is 2.12. The molecule has 0 amide bonds. The van der Waals surface area contributed by atoms with Crippen LogP contribution in [-0.4, -0.2) is 48.1 Å². The number of aromatic nitrogens is 2. The number of nitrogens with zero attached hydrogens (tertiary/aromatic N) is 3. The Morgan fingerprint density at radius 1 is 1.25 bits per heavy atom. The van der Waals surface area contributed by atoms with Gasteiger partial charge in [0, 0.05) is 32.1 Å². The lowest BCUT2D eigenvalue weighted by atomic mass is 10.3. The fourth-order valence-electron chi connectivity index (χ4n) is 1.85. The fourth-order valence-corrected chi connectivity index (χ4v) is 1.85. The summed E-state index contributed by atoms with van der Waals surface area (Å²) in [6.07, 6.45) is 3.09. The lowest BCUT2D eigenvalue weighted by Gasteiger charge is -2.20. The monoisotopic (exact) mass is 279 g/mol. The molecule has 5 nitrogen and oxygen atoms in total. The van der Waals surface area contributed by atoms with Gasteiger partial charge in [-0.05, 0) is 40.3 Å². The van der Waals surface area contributed by atoms with Crippen molar-refractivity contribution in [2.45, 2.75) is 46.1 Å². The molecule has 0 aromatic carbocycles. The molecule has 0 fully saturated rings. The predicted octanol–water partition coefficient (Wildman–Crippen LogP) is 2.61. The Bertz CT molecular complexity index is 392. The first-order valence-electron chi connectivity index (χ1n) is 7.56. The topological polar surface area (TPSA) is 53.1 Å². The van der Waals surface area contributed by atoms with Gasteiger partial charge in [0.05, 0.1) is 0 Å². The molecule has 5 heteroatoms. The number of hydrogen-bond donors (Lipinski definition) is 2. The average Bonchev–Trinajstić information content (AvgIpc) is 2.43. The van der Waals surface area contributed by atoms with Crippen molar-refractivity contribution in [3.05, 3.63) is 11.9 Å². The highest BCUT2D eigenvalue weighted by Gasteiger charge is 2.04. The van der Waals surface area contributed by atoms with Crippen LogP contribution >= 0.6 is 0 Å². The number of hydrogen-bond acceptors (Lipinski definition) is 5. The van der Waals surface area contributed by atoms with Gasteiger partial charge < -0.3 is 15.5 Å². The van der Waals surface area contributed by atoms with E-state index in [1.54, 1.807) is 0 Å². The largest absolute Gasteiger partial charge is 0.373 e. The molecule has 0 spiro atoms. The second kappa shape index (κ2) is 8.74. The van der Waals surface area contributed by atoms with Crippen LogP contribution in [0, 0.1) is 0 Å². The van der Waals surface area contributed by atoms with Gasteiger partial charge in [-0.1, -0.05) is 6.92 Å². The van der Waals surface area contributed by atoms with E-state index in [0.29, 0.717) is 6.04 Å². The van der Waals surface area contributed by atoms with Crippen molar-refractivity contribution < 1.29 is 0 Å². The van der Waals surface area contributed by atoms with Crippen LogP contribution in [0.4, 0.5) is 11.6 Å². The van der Waals surface area contributed by atoms with Gasteiger partial charge in [0.1, 0.15) is 17.5 Å². The van der Waals surface area contributed by atoms with E-state index in [9.17, 15) is 0 Å². The van der Waals surface area contributed by atoms with Gasteiger partial charge in [0.15, 0.2) is 0 Å². The predicted molar refractivity (Wildman–Crippen MR) is 86.4 cm³/mol. The van der Waals surface area contributed by atoms with Crippen molar-refractivity contribution in [3.8, 4) is 0 Å². The van der Waals surface area contributed by atoms with Crippen LogP contribution in [0.2, 0.25) is 0 Å². The minimum Gasteiger partial charge on any atom is -0.373 e. The molecule has 1 heterocycles. The molecule has 0 atom stereocenters. The van der Waals surface area contributed by atoms with Crippen LogP contribution in [0.5, 0.6) is 0 Å². The number of anilines is 2. The summed E-state index contributed by atoms with van der Waals surface area (Å²) in [5.41, 5.74) is 0. The Hall–Kier alpha value is -1.36. The molecule has 2 N–H and O–H groups in total. The molecule has 0 bridgehead atoms. The molecule has 0 aliphatic heterocycles. The van der Waals surface area contributed by atoms with Gasteiger partial charge in [-0.15, -0.1) is 0 Å². The third kappa shape index (κ3) is 5.74. The molecular formula is C15H29N5. The van der Waals surface area contributed by atoms with Gasteiger partial charge in [-0.2, -0.15) is 0 Å². The lowest BCUT2D eigenvalue weighted by molar-refractivity contribution is 0.273. The highest BCUT2D eigenvalue weighted by molar-refractivity contribution is 5.47. The number of aryl methyl sites for hydroxylation is 1. The SMILES string of the molecule is CCCc1nc(NC)cc(NCCCN(C)C(C)C)n1. The van der Waals surface area contributed by atoms with Gasteiger partial charge >= 0.3 is 0 Å². The third-order valence-corrected chi connectivity index (χ3v) is 3.38. The summed E-state index contributed by atoms with van der Waals surface area (Å²) in [7, 11) is 4.05. The second-order valence-corrected chi connectivity index (χ2v) is 5.41. The molecule has 0 saturated carbocycles. The molecule has 20 heavy (non-hydrogen) atoms. The lowest BCUT2D eigenvalue weighted by Crippen LogP contribution is -2.28. The summed E-state index contributed by atoms with van der Waals surface area (Å²) in [5, 5.41) is 6.49. The van der Waals surface area contributed by atoms with Crippen molar-refractivity contribution in [1.82, 2.24) is 14.9 Å². The second-order valence-electron chi connectivity index (χ2n) is 5.41.